The Morgan fingerprint density at radius 3 is 2.54 bits per heavy atom. The van der Waals surface area contributed by atoms with Gasteiger partial charge < -0.3 is 9.73 Å². The van der Waals surface area contributed by atoms with Gasteiger partial charge in [-0.3, -0.25) is 10.1 Å². The minimum atomic E-state index is -2.41. The molecule has 2 aromatic rings. The van der Waals surface area contributed by atoms with Crippen molar-refractivity contribution in [3.05, 3.63) is 59.5 Å². The molecule has 1 unspecified atom stereocenters. The second kappa shape index (κ2) is 9.44. The molecule has 0 saturated heterocycles. The zero-order valence-corrected chi connectivity index (χ0v) is 14.1. The van der Waals surface area contributed by atoms with Crippen LogP contribution < -0.4 is 10.6 Å². The normalized spacial score (nSPS) is 12.3. The first kappa shape index (κ1) is 18.5. The predicted octanol–water partition coefficient (Wildman–Crippen LogP) is 3.53. The van der Waals surface area contributed by atoms with Gasteiger partial charge in [-0.05, 0) is 24.6 Å². The Morgan fingerprint density at radius 1 is 1.12 bits per heavy atom. The minimum absolute atomic E-state index is 0.112. The summed E-state index contributed by atoms with van der Waals surface area (Å²) in [7, 11) is 0. The Kier molecular flexibility index (Phi) is 7.27. The molecule has 0 aliphatic heterocycles. The second-order valence-electron chi connectivity index (χ2n) is 5.25. The van der Waals surface area contributed by atoms with Crippen molar-refractivity contribution in [2.24, 2.45) is 0 Å². The van der Waals surface area contributed by atoms with E-state index >= 15 is 0 Å². The van der Waals surface area contributed by atoms with Gasteiger partial charge in [-0.15, -0.1) is 0 Å². The predicted molar refractivity (Wildman–Crippen MR) is 90.6 cm³/mol. The van der Waals surface area contributed by atoms with Crippen molar-refractivity contribution in [2.45, 2.75) is 37.6 Å². The standard InChI is InChI=1S/C17H20F2N2O2S/c1-12(16(22)21-9-13-5-3-2-4-6-13)20-10-14-7-8-15(23-14)11-24-17(18)19/h2-8,12,17,20H,9-11H2,1H3,(H,21,22). The molecular weight excluding hydrogens is 334 g/mol. The lowest BCUT2D eigenvalue weighted by Gasteiger charge is -2.13. The zero-order chi connectivity index (χ0) is 17.4. The molecule has 0 aliphatic rings. The van der Waals surface area contributed by atoms with Gasteiger partial charge in [0.25, 0.3) is 5.76 Å². The van der Waals surface area contributed by atoms with Crippen molar-refractivity contribution in [3.8, 4) is 0 Å². The average Bonchev–Trinajstić information content (AvgIpc) is 3.04. The molecule has 1 atom stereocenters. The van der Waals surface area contributed by atoms with Crippen LogP contribution in [0.25, 0.3) is 0 Å². The van der Waals surface area contributed by atoms with Gasteiger partial charge in [0, 0.05) is 6.54 Å². The first-order valence-corrected chi connectivity index (χ1v) is 8.62. The van der Waals surface area contributed by atoms with Crippen molar-refractivity contribution in [1.29, 1.82) is 0 Å². The molecule has 1 amide bonds. The molecule has 1 heterocycles. The summed E-state index contributed by atoms with van der Waals surface area (Å²) in [4.78, 5) is 12.0. The Labute approximate surface area is 144 Å². The van der Waals surface area contributed by atoms with Crippen molar-refractivity contribution in [2.75, 3.05) is 0 Å². The summed E-state index contributed by atoms with van der Waals surface area (Å²) < 4.78 is 29.7. The van der Waals surface area contributed by atoms with Gasteiger partial charge >= 0.3 is 0 Å². The van der Waals surface area contributed by atoms with Gasteiger partial charge in [-0.2, -0.15) is 8.78 Å². The topological polar surface area (TPSA) is 54.3 Å². The van der Waals surface area contributed by atoms with Crippen molar-refractivity contribution < 1.29 is 18.0 Å². The number of halogens is 2. The molecule has 4 nitrogen and oxygen atoms in total. The highest BCUT2D eigenvalue weighted by Crippen LogP contribution is 2.21. The van der Waals surface area contributed by atoms with E-state index in [2.05, 4.69) is 10.6 Å². The fraction of sp³-hybridized carbons (Fsp3) is 0.353. The van der Waals surface area contributed by atoms with Crippen LogP contribution in [0.4, 0.5) is 8.78 Å². The molecule has 0 fully saturated rings. The van der Waals surface area contributed by atoms with Crippen LogP contribution in [-0.4, -0.2) is 17.7 Å². The lowest BCUT2D eigenvalue weighted by Crippen LogP contribution is -2.41. The van der Waals surface area contributed by atoms with Crippen molar-refractivity contribution in [1.82, 2.24) is 10.6 Å². The number of nitrogens with one attached hydrogen (secondary N) is 2. The van der Waals surface area contributed by atoms with Crippen LogP contribution in [0.15, 0.2) is 46.9 Å². The minimum Gasteiger partial charge on any atom is -0.464 e. The Morgan fingerprint density at radius 2 is 1.83 bits per heavy atom. The number of carbonyl (C=O) groups excluding carboxylic acids is 1. The molecule has 0 radical (unpaired) electrons. The van der Waals surface area contributed by atoms with E-state index in [1.54, 1.807) is 19.1 Å². The smallest absolute Gasteiger partial charge is 0.284 e. The van der Waals surface area contributed by atoms with E-state index < -0.39 is 11.8 Å². The van der Waals surface area contributed by atoms with Crippen LogP contribution in [0.1, 0.15) is 24.0 Å². The van der Waals surface area contributed by atoms with Gasteiger partial charge in [0.05, 0.1) is 18.3 Å². The molecule has 0 spiro atoms. The lowest BCUT2D eigenvalue weighted by atomic mass is 10.2. The van der Waals surface area contributed by atoms with E-state index in [4.69, 9.17) is 4.42 Å². The number of alkyl halides is 2. The quantitative estimate of drug-likeness (QED) is 0.723. The van der Waals surface area contributed by atoms with E-state index in [0.29, 0.717) is 36.4 Å². The van der Waals surface area contributed by atoms with Crippen LogP contribution in [0.3, 0.4) is 0 Å². The molecule has 1 aromatic heterocycles. The maximum absolute atomic E-state index is 12.1. The molecule has 24 heavy (non-hydrogen) atoms. The second-order valence-corrected chi connectivity index (χ2v) is 6.22. The third-order valence-corrected chi connectivity index (χ3v) is 4.06. The third-order valence-electron chi connectivity index (χ3n) is 3.35. The fourth-order valence-electron chi connectivity index (χ4n) is 2.02. The van der Waals surface area contributed by atoms with Crippen LogP contribution in [0.5, 0.6) is 0 Å². The molecule has 1 aromatic carbocycles. The molecule has 7 heteroatoms. The van der Waals surface area contributed by atoms with Crippen LogP contribution in [0.2, 0.25) is 0 Å². The molecule has 0 aliphatic carbocycles. The SMILES string of the molecule is CC(NCc1ccc(CSC(F)F)o1)C(=O)NCc1ccccc1. The Balaban J connectivity index is 1.72. The van der Waals surface area contributed by atoms with Crippen molar-refractivity contribution >= 4 is 17.7 Å². The fourth-order valence-corrected chi connectivity index (χ4v) is 2.47. The van der Waals surface area contributed by atoms with Crippen LogP contribution in [-0.2, 0) is 23.6 Å². The maximum Gasteiger partial charge on any atom is 0.284 e. The summed E-state index contributed by atoms with van der Waals surface area (Å²) in [5, 5.41) is 5.91. The van der Waals surface area contributed by atoms with E-state index in [9.17, 15) is 13.6 Å². The highest BCUT2D eigenvalue weighted by Gasteiger charge is 2.13. The van der Waals surface area contributed by atoms with E-state index in [1.165, 1.54) is 0 Å². The van der Waals surface area contributed by atoms with Gasteiger partial charge in [0.15, 0.2) is 0 Å². The van der Waals surface area contributed by atoms with Crippen LogP contribution >= 0.6 is 11.8 Å². The monoisotopic (exact) mass is 354 g/mol. The van der Waals surface area contributed by atoms with Gasteiger partial charge in [-0.25, -0.2) is 0 Å². The number of hydrogen-bond acceptors (Lipinski definition) is 4. The van der Waals surface area contributed by atoms with Gasteiger partial charge in [-0.1, -0.05) is 42.1 Å². The molecule has 0 saturated carbocycles. The summed E-state index contributed by atoms with van der Waals surface area (Å²) in [6, 6.07) is 12.7. The van der Waals surface area contributed by atoms with Crippen molar-refractivity contribution in [3.63, 3.8) is 0 Å². The number of furan rings is 1. The first-order chi connectivity index (χ1) is 11.5. The number of thioether (sulfide) groups is 1. The Hall–Kier alpha value is -1.86. The number of carbonyl (C=O) groups is 1. The zero-order valence-electron chi connectivity index (χ0n) is 13.3. The summed E-state index contributed by atoms with van der Waals surface area (Å²) in [5.74, 6) is -1.28. The Bertz CT molecular complexity index is 635. The maximum atomic E-state index is 12.1. The molecule has 2 rings (SSSR count). The van der Waals surface area contributed by atoms with Gasteiger partial charge in [0.2, 0.25) is 5.91 Å². The summed E-state index contributed by atoms with van der Waals surface area (Å²) in [5.41, 5.74) is 1.03. The summed E-state index contributed by atoms with van der Waals surface area (Å²) in [6.07, 6.45) is 0. The molecule has 130 valence electrons. The lowest BCUT2D eigenvalue weighted by molar-refractivity contribution is -0.122. The highest BCUT2D eigenvalue weighted by molar-refractivity contribution is 7.98. The molecular formula is C17H20F2N2O2S. The molecule has 2 N–H and O–H groups in total. The summed E-state index contributed by atoms with van der Waals surface area (Å²) in [6.45, 7) is 2.59. The highest BCUT2D eigenvalue weighted by atomic mass is 32.2. The van der Waals surface area contributed by atoms with E-state index in [0.717, 1.165) is 5.56 Å². The first-order valence-electron chi connectivity index (χ1n) is 7.57. The third kappa shape index (κ3) is 6.33. The van der Waals surface area contributed by atoms with E-state index in [1.807, 2.05) is 30.3 Å². The van der Waals surface area contributed by atoms with E-state index in [-0.39, 0.29) is 11.7 Å². The van der Waals surface area contributed by atoms with Crippen LogP contribution in [0, 0.1) is 0 Å². The molecule has 0 bridgehead atoms. The number of benzene rings is 1. The van der Waals surface area contributed by atoms with Gasteiger partial charge in [0.1, 0.15) is 11.5 Å². The largest absolute Gasteiger partial charge is 0.464 e. The number of rotatable bonds is 9. The average molecular weight is 354 g/mol. The number of amides is 1. The summed E-state index contributed by atoms with van der Waals surface area (Å²) >= 11 is 0.520. The number of hydrogen-bond donors (Lipinski definition) is 2.